The number of amides is 3. The summed E-state index contributed by atoms with van der Waals surface area (Å²) in [5.41, 5.74) is 6.65. The number of rotatable bonds is 5. The first-order valence-corrected chi connectivity index (χ1v) is 8.14. The summed E-state index contributed by atoms with van der Waals surface area (Å²) < 4.78 is 15.1. The topological polar surface area (TPSA) is 102 Å². The minimum atomic E-state index is -0.682. The smallest absolute Gasteiger partial charge is 0.316 e. The maximum atomic E-state index is 13.3. The zero-order chi connectivity index (χ0) is 19.4. The highest BCUT2D eigenvalue weighted by atomic mass is 19.1. The zero-order valence-corrected chi connectivity index (χ0v) is 14.5. The molecular formula is C19H18FN5O2. The van der Waals surface area contributed by atoms with Crippen LogP contribution in [0.15, 0.2) is 60.9 Å². The van der Waals surface area contributed by atoms with Crippen molar-refractivity contribution in [3.05, 3.63) is 83.7 Å². The number of carbonyl (C=O) groups is 2. The first-order chi connectivity index (χ1) is 12.9. The van der Waals surface area contributed by atoms with E-state index in [2.05, 4.69) is 15.6 Å². The van der Waals surface area contributed by atoms with Crippen molar-refractivity contribution in [2.24, 2.45) is 12.8 Å². The molecule has 4 N–H and O–H groups in total. The van der Waals surface area contributed by atoms with Gasteiger partial charge in [0.05, 0.1) is 0 Å². The Bertz CT molecular complexity index is 951. The molecule has 0 aliphatic rings. The van der Waals surface area contributed by atoms with E-state index in [1.807, 2.05) is 7.05 Å². The van der Waals surface area contributed by atoms with Crippen LogP contribution >= 0.6 is 0 Å². The molecule has 3 rings (SSSR count). The SMILES string of the molecule is Cn1ccnc1C(NC(=O)c1ccc(NC(N)=O)cc1)c1ccc(F)cc1. The van der Waals surface area contributed by atoms with Gasteiger partial charge >= 0.3 is 6.03 Å². The van der Waals surface area contributed by atoms with Crippen LogP contribution in [0, 0.1) is 5.82 Å². The number of anilines is 1. The second-order valence-electron chi connectivity index (χ2n) is 5.92. The molecule has 1 aromatic heterocycles. The Morgan fingerprint density at radius 2 is 1.78 bits per heavy atom. The number of benzene rings is 2. The average Bonchev–Trinajstić information content (AvgIpc) is 3.06. The number of aromatic nitrogens is 2. The Morgan fingerprint density at radius 1 is 1.11 bits per heavy atom. The summed E-state index contributed by atoms with van der Waals surface area (Å²) in [5.74, 6) is -0.0823. The van der Waals surface area contributed by atoms with Gasteiger partial charge in [-0.1, -0.05) is 12.1 Å². The van der Waals surface area contributed by atoms with Gasteiger partial charge in [-0.25, -0.2) is 14.2 Å². The molecule has 7 nitrogen and oxygen atoms in total. The maximum Gasteiger partial charge on any atom is 0.316 e. The summed E-state index contributed by atoms with van der Waals surface area (Å²) in [7, 11) is 1.81. The molecule has 1 atom stereocenters. The van der Waals surface area contributed by atoms with Crippen molar-refractivity contribution in [2.75, 3.05) is 5.32 Å². The van der Waals surface area contributed by atoms with Gasteiger partial charge in [0.1, 0.15) is 17.7 Å². The van der Waals surface area contributed by atoms with Gasteiger partial charge in [-0.15, -0.1) is 0 Å². The fourth-order valence-corrected chi connectivity index (χ4v) is 2.67. The highest BCUT2D eigenvalue weighted by Crippen LogP contribution is 2.22. The van der Waals surface area contributed by atoms with E-state index in [1.165, 1.54) is 12.1 Å². The average molecular weight is 367 g/mol. The quantitative estimate of drug-likeness (QED) is 0.646. The lowest BCUT2D eigenvalue weighted by Crippen LogP contribution is -2.31. The third kappa shape index (κ3) is 4.30. The summed E-state index contributed by atoms with van der Waals surface area (Å²) in [6, 6.07) is 10.9. The summed E-state index contributed by atoms with van der Waals surface area (Å²) in [4.78, 5) is 27.9. The van der Waals surface area contributed by atoms with E-state index in [4.69, 9.17) is 5.73 Å². The normalized spacial score (nSPS) is 11.6. The first-order valence-electron chi connectivity index (χ1n) is 8.14. The van der Waals surface area contributed by atoms with E-state index in [-0.39, 0.29) is 11.7 Å². The number of carbonyl (C=O) groups excluding carboxylic acids is 2. The summed E-state index contributed by atoms with van der Waals surface area (Å²) >= 11 is 0. The molecule has 3 amide bonds. The molecule has 3 aromatic rings. The van der Waals surface area contributed by atoms with E-state index >= 15 is 0 Å². The number of hydrogen-bond donors (Lipinski definition) is 3. The van der Waals surface area contributed by atoms with Crippen molar-refractivity contribution in [3.8, 4) is 0 Å². The van der Waals surface area contributed by atoms with Crippen molar-refractivity contribution in [1.82, 2.24) is 14.9 Å². The predicted molar refractivity (Wildman–Crippen MR) is 98.6 cm³/mol. The fraction of sp³-hybridized carbons (Fsp3) is 0.105. The van der Waals surface area contributed by atoms with Crippen LogP contribution in [0.25, 0.3) is 0 Å². The Hall–Kier alpha value is -3.68. The lowest BCUT2D eigenvalue weighted by molar-refractivity contribution is 0.0941. The van der Waals surface area contributed by atoms with Gasteiger partial charge in [-0.05, 0) is 42.0 Å². The number of hydrogen-bond acceptors (Lipinski definition) is 3. The minimum Gasteiger partial charge on any atom is -0.351 e. The van der Waals surface area contributed by atoms with Gasteiger partial charge in [0.15, 0.2) is 0 Å². The molecule has 1 heterocycles. The minimum absolute atomic E-state index is 0.335. The molecule has 0 saturated heterocycles. The summed E-state index contributed by atoms with van der Waals surface area (Å²) in [6.45, 7) is 0. The molecule has 0 fully saturated rings. The molecule has 8 heteroatoms. The van der Waals surface area contributed by atoms with Crippen molar-refractivity contribution in [3.63, 3.8) is 0 Å². The number of halogens is 1. The Balaban J connectivity index is 1.85. The number of imidazole rings is 1. The van der Waals surface area contributed by atoms with Gasteiger partial charge in [0.25, 0.3) is 5.91 Å². The molecule has 1 unspecified atom stereocenters. The van der Waals surface area contributed by atoms with E-state index in [1.54, 1.807) is 53.4 Å². The second-order valence-corrected chi connectivity index (χ2v) is 5.92. The van der Waals surface area contributed by atoms with Gasteiger partial charge < -0.3 is 20.9 Å². The van der Waals surface area contributed by atoms with Crippen molar-refractivity contribution in [2.45, 2.75) is 6.04 Å². The highest BCUT2D eigenvalue weighted by molar-refractivity contribution is 5.95. The van der Waals surface area contributed by atoms with Crippen molar-refractivity contribution >= 4 is 17.6 Å². The van der Waals surface area contributed by atoms with Crippen LogP contribution < -0.4 is 16.4 Å². The standard InChI is InChI=1S/C19H18FN5O2/c1-25-11-10-22-17(25)16(12-2-6-14(20)7-3-12)24-18(26)13-4-8-15(9-5-13)23-19(21)27/h2-11,16H,1H3,(H,24,26)(H3,21,23,27). The number of nitrogens with one attached hydrogen (secondary N) is 2. The molecule has 0 spiro atoms. The van der Waals surface area contributed by atoms with E-state index in [0.717, 1.165) is 0 Å². The molecule has 138 valence electrons. The van der Waals surface area contributed by atoms with Gasteiger partial charge in [0, 0.05) is 30.7 Å². The molecular weight excluding hydrogens is 349 g/mol. The monoisotopic (exact) mass is 367 g/mol. The second kappa shape index (κ2) is 7.69. The lowest BCUT2D eigenvalue weighted by Gasteiger charge is -2.19. The van der Waals surface area contributed by atoms with Crippen LogP contribution in [-0.2, 0) is 7.05 Å². The van der Waals surface area contributed by atoms with Crippen LogP contribution in [0.2, 0.25) is 0 Å². The number of nitrogens with two attached hydrogens (primary N) is 1. The van der Waals surface area contributed by atoms with Gasteiger partial charge in [-0.3, -0.25) is 4.79 Å². The van der Waals surface area contributed by atoms with Crippen LogP contribution in [0.4, 0.5) is 14.9 Å². The highest BCUT2D eigenvalue weighted by Gasteiger charge is 2.21. The van der Waals surface area contributed by atoms with Gasteiger partial charge in [-0.2, -0.15) is 0 Å². The predicted octanol–water partition coefficient (Wildman–Crippen LogP) is 2.57. The largest absolute Gasteiger partial charge is 0.351 e. The Kier molecular flexibility index (Phi) is 5.16. The van der Waals surface area contributed by atoms with E-state index < -0.39 is 12.1 Å². The van der Waals surface area contributed by atoms with Crippen molar-refractivity contribution < 1.29 is 14.0 Å². The van der Waals surface area contributed by atoms with Gasteiger partial charge in [0.2, 0.25) is 0 Å². The van der Waals surface area contributed by atoms with Crippen LogP contribution in [0.5, 0.6) is 0 Å². The molecule has 0 radical (unpaired) electrons. The molecule has 27 heavy (non-hydrogen) atoms. The number of urea groups is 1. The van der Waals surface area contributed by atoms with Crippen molar-refractivity contribution in [1.29, 1.82) is 0 Å². The molecule has 0 bridgehead atoms. The Morgan fingerprint density at radius 3 is 2.33 bits per heavy atom. The number of nitrogens with zero attached hydrogens (tertiary/aromatic N) is 2. The van der Waals surface area contributed by atoms with E-state index in [0.29, 0.717) is 22.6 Å². The molecule has 0 saturated carbocycles. The summed E-state index contributed by atoms with van der Waals surface area (Å²) in [5, 5.41) is 5.35. The van der Waals surface area contributed by atoms with Crippen LogP contribution in [-0.4, -0.2) is 21.5 Å². The zero-order valence-electron chi connectivity index (χ0n) is 14.5. The fourth-order valence-electron chi connectivity index (χ4n) is 2.67. The molecule has 0 aliphatic carbocycles. The number of aryl methyl sites for hydroxylation is 1. The number of primary amides is 1. The van der Waals surface area contributed by atoms with Crippen LogP contribution in [0.1, 0.15) is 27.8 Å². The third-order valence-electron chi connectivity index (χ3n) is 4.01. The first kappa shape index (κ1) is 18.1. The molecule has 0 aliphatic heterocycles. The maximum absolute atomic E-state index is 13.3. The van der Waals surface area contributed by atoms with E-state index in [9.17, 15) is 14.0 Å². The molecule has 2 aromatic carbocycles. The third-order valence-corrected chi connectivity index (χ3v) is 4.01. The van der Waals surface area contributed by atoms with Crippen LogP contribution in [0.3, 0.4) is 0 Å². The summed E-state index contributed by atoms with van der Waals surface area (Å²) in [6.07, 6.45) is 3.39. The lowest BCUT2D eigenvalue weighted by atomic mass is 10.0. The Labute approximate surface area is 155 Å².